The molecule has 0 spiro atoms. The van der Waals surface area contributed by atoms with Gasteiger partial charge in [-0.05, 0) is 6.42 Å². The summed E-state index contributed by atoms with van der Waals surface area (Å²) in [6, 6.07) is 0. The summed E-state index contributed by atoms with van der Waals surface area (Å²) in [5, 5.41) is 11.4. The molecule has 6 saturated heterocycles. The van der Waals surface area contributed by atoms with Crippen molar-refractivity contribution < 1.29 is 124 Å². The van der Waals surface area contributed by atoms with E-state index in [0.717, 1.165) is 28.1 Å². The van der Waals surface area contributed by atoms with E-state index in [1.165, 1.54) is 49.4 Å². The molecule has 0 saturated carbocycles. The van der Waals surface area contributed by atoms with Gasteiger partial charge in [0, 0.05) is 69.7 Å². The summed E-state index contributed by atoms with van der Waals surface area (Å²) < 4.78 is 111. The summed E-state index contributed by atoms with van der Waals surface area (Å²) in [4.78, 5) is 76.5. The van der Waals surface area contributed by atoms with E-state index in [0.29, 0.717) is 0 Å². The number of carbonyl (C=O) groups is 6. The van der Waals surface area contributed by atoms with Crippen LogP contribution < -0.4 is 0 Å². The first-order valence-corrected chi connectivity index (χ1v) is 21.7. The Morgan fingerprint density at radius 1 is 0.559 bits per heavy atom. The minimum absolute atomic E-state index is 0.0942. The molecule has 6 aliphatic rings. The van der Waals surface area contributed by atoms with Gasteiger partial charge in [0.15, 0.2) is 43.0 Å². The molecular weight excluding hydrogens is 920 g/mol. The molecule has 0 aromatic carbocycles. The molecule has 388 valence electrons. The largest absolute Gasteiger partial charge is 0.467 e. The van der Waals surface area contributed by atoms with Gasteiger partial charge in [0.1, 0.15) is 74.3 Å². The summed E-state index contributed by atoms with van der Waals surface area (Å²) in [5.41, 5.74) is -4.22. The van der Waals surface area contributed by atoms with E-state index in [4.69, 9.17) is 90.0 Å². The quantitative estimate of drug-likeness (QED) is 0.106. The Balaban J connectivity index is 1.49. The molecular formula is C42H64O26. The fraction of sp³-hybridized carbons (Fsp3) is 0.857. The molecule has 19 atom stereocenters. The van der Waals surface area contributed by atoms with E-state index in [1.54, 1.807) is 6.92 Å². The fourth-order valence-corrected chi connectivity index (χ4v) is 9.11. The SMILES string of the molecule is CCC1(C(=O)OC)O[C@@H](O[C@H]2CC(OC(C)=O)[C@H](O[C@H]3C(OC)[C@H]4OCC3(C(=O)OC)O[C@H]4O[C@@H]3C(COC(C)=O)O[C@H](OC)C(OC(C)=O)C3OC)OC2COC(C)=O)[C@@H](OC)C(OC)[C@@H]1O. The van der Waals surface area contributed by atoms with E-state index in [-0.39, 0.29) is 19.4 Å². The van der Waals surface area contributed by atoms with E-state index >= 15 is 0 Å². The van der Waals surface area contributed by atoms with Gasteiger partial charge in [-0.2, -0.15) is 0 Å². The van der Waals surface area contributed by atoms with Crippen LogP contribution in [0.1, 0.15) is 47.5 Å². The molecule has 9 unspecified atom stereocenters. The lowest BCUT2D eigenvalue weighted by molar-refractivity contribution is -0.427. The first-order chi connectivity index (χ1) is 32.3. The van der Waals surface area contributed by atoms with Gasteiger partial charge in [0.05, 0.1) is 26.9 Å². The summed E-state index contributed by atoms with van der Waals surface area (Å²) in [6.07, 6.45) is -22.7. The summed E-state index contributed by atoms with van der Waals surface area (Å²) >= 11 is 0. The van der Waals surface area contributed by atoms with Crippen molar-refractivity contribution in [2.45, 2.75) is 163 Å². The van der Waals surface area contributed by atoms with Crippen LogP contribution in [0, 0.1) is 0 Å². The average molecular weight is 985 g/mol. The van der Waals surface area contributed by atoms with Gasteiger partial charge in [-0.15, -0.1) is 0 Å². The van der Waals surface area contributed by atoms with Gasteiger partial charge < -0.3 is 95.1 Å². The third-order valence-corrected chi connectivity index (χ3v) is 12.3. The summed E-state index contributed by atoms with van der Waals surface area (Å²) in [5.74, 6) is -4.80. The van der Waals surface area contributed by atoms with Gasteiger partial charge in [0.2, 0.25) is 5.60 Å². The third-order valence-electron chi connectivity index (χ3n) is 12.3. The first kappa shape index (κ1) is 55.2. The Kier molecular flexibility index (Phi) is 19.4. The summed E-state index contributed by atoms with van der Waals surface area (Å²) in [7, 11) is 8.72. The highest BCUT2D eigenvalue weighted by atomic mass is 16.8. The second kappa shape index (κ2) is 23.9. The molecule has 68 heavy (non-hydrogen) atoms. The Labute approximate surface area is 392 Å². The van der Waals surface area contributed by atoms with Crippen LogP contribution in [0.5, 0.6) is 0 Å². The van der Waals surface area contributed by atoms with Crippen LogP contribution in [0.3, 0.4) is 0 Å². The molecule has 0 radical (unpaired) electrons. The molecule has 26 nitrogen and oxygen atoms in total. The van der Waals surface area contributed by atoms with Crippen LogP contribution in [0.15, 0.2) is 0 Å². The van der Waals surface area contributed by atoms with E-state index in [2.05, 4.69) is 0 Å². The molecule has 0 aromatic heterocycles. The molecule has 2 bridgehead atoms. The number of esters is 6. The van der Waals surface area contributed by atoms with Crippen molar-refractivity contribution >= 4 is 35.8 Å². The van der Waals surface area contributed by atoms with Crippen LogP contribution in [-0.4, -0.2) is 226 Å². The number of carbonyl (C=O) groups excluding carboxylic acids is 6. The molecule has 26 heteroatoms. The highest BCUT2D eigenvalue weighted by molar-refractivity contribution is 5.82. The molecule has 6 aliphatic heterocycles. The molecule has 0 aliphatic carbocycles. The normalized spacial score (nSPS) is 40.1. The Morgan fingerprint density at radius 2 is 1.15 bits per heavy atom. The van der Waals surface area contributed by atoms with Crippen molar-refractivity contribution in [3.05, 3.63) is 0 Å². The van der Waals surface area contributed by atoms with Gasteiger partial charge in [-0.1, -0.05) is 6.92 Å². The number of hydrogen-bond acceptors (Lipinski definition) is 26. The van der Waals surface area contributed by atoms with E-state index in [9.17, 15) is 33.9 Å². The molecule has 6 fully saturated rings. The number of rotatable bonds is 20. The lowest BCUT2D eigenvalue weighted by Gasteiger charge is -2.57. The number of hydrogen-bond donors (Lipinski definition) is 1. The zero-order valence-electron chi connectivity index (χ0n) is 40.0. The van der Waals surface area contributed by atoms with Crippen molar-refractivity contribution in [2.75, 3.05) is 69.6 Å². The Bertz CT molecular complexity index is 1750. The highest BCUT2D eigenvalue weighted by Gasteiger charge is 2.68. The van der Waals surface area contributed by atoms with Crippen molar-refractivity contribution in [2.24, 2.45) is 0 Å². The van der Waals surface area contributed by atoms with Crippen molar-refractivity contribution in [3.8, 4) is 0 Å². The maximum atomic E-state index is 14.1. The molecule has 1 N–H and O–H groups in total. The first-order valence-electron chi connectivity index (χ1n) is 21.7. The standard InChI is InChI=1S/C42H64O26/c1-13-41(39(48)55-11)33(47)28(51-7)30(53-9)37(67-41)62-22-14-23(60-20(4)45)35(63-24(22)15-57-18(2)43)66-34-29(52-8)31-38(68-42(34,17-59-31)40(49)56-12)65-26-25(16-58-19(3)44)64-36(54-10)32(27(26)50-6)61-21(5)46/h22-38,47H,13-17H2,1-12H3/t22-,23?,24?,25?,26+,27?,28?,29?,30-,31+,32?,33-,34-,35-,36-,37+,38+,41?,42?/m0/s1. The second-order valence-electron chi connectivity index (χ2n) is 16.3. The molecule has 0 amide bonds. The van der Waals surface area contributed by atoms with Crippen LogP contribution in [0.4, 0.5) is 0 Å². The second-order valence-corrected chi connectivity index (χ2v) is 16.3. The van der Waals surface area contributed by atoms with Crippen molar-refractivity contribution in [3.63, 3.8) is 0 Å². The smallest absolute Gasteiger partial charge is 0.343 e. The van der Waals surface area contributed by atoms with Gasteiger partial charge in [-0.3, -0.25) is 19.2 Å². The van der Waals surface area contributed by atoms with E-state index in [1.807, 2.05) is 0 Å². The number of aliphatic hydroxyl groups excluding tert-OH is 1. The molecule has 0 aromatic rings. The van der Waals surface area contributed by atoms with Crippen LogP contribution >= 0.6 is 0 Å². The predicted molar refractivity (Wildman–Crippen MR) is 216 cm³/mol. The number of fused-ring (bicyclic) bond motifs is 3. The van der Waals surface area contributed by atoms with Crippen LogP contribution in [0.2, 0.25) is 0 Å². The van der Waals surface area contributed by atoms with Crippen molar-refractivity contribution in [1.82, 2.24) is 0 Å². The van der Waals surface area contributed by atoms with Crippen LogP contribution in [0.25, 0.3) is 0 Å². The fourth-order valence-electron chi connectivity index (χ4n) is 9.11. The Hall–Kier alpha value is -3.74. The van der Waals surface area contributed by atoms with Gasteiger partial charge in [-0.25, -0.2) is 9.59 Å². The number of aliphatic hydroxyl groups is 1. The third kappa shape index (κ3) is 11.4. The number of ether oxygens (including phenoxy) is 19. The maximum Gasteiger partial charge on any atom is 0.343 e. The zero-order chi connectivity index (χ0) is 50.2. The predicted octanol–water partition coefficient (Wildman–Crippen LogP) is -1.62. The minimum Gasteiger partial charge on any atom is -0.467 e. The van der Waals surface area contributed by atoms with Crippen LogP contribution in [-0.2, 0) is 119 Å². The average Bonchev–Trinajstić information content (AvgIpc) is 3.31. The maximum absolute atomic E-state index is 14.1. The van der Waals surface area contributed by atoms with Gasteiger partial charge >= 0.3 is 35.8 Å². The lowest BCUT2D eigenvalue weighted by Crippen LogP contribution is -2.77. The van der Waals surface area contributed by atoms with E-state index < -0.39 is 165 Å². The Morgan fingerprint density at radius 3 is 1.68 bits per heavy atom. The summed E-state index contributed by atoms with van der Waals surface area (Å²) in [6.45, 7) is 4.87. The number of methoxy groups -OCH3 is 7. The zero-order valence-corrected chi connectivity index (χ0v) is 40.0. The highest BCUT2D eigenvalue weighted by Crippen LogP contribution is 2.45. The molecule has 6 heterocycles. The minimum atomic E-state index is -2.22. The monoisotopic (exact) mass is 984 g/mol. The lowest BCUT2D eigenvalue weighted by atomic mass is 9.83. The van der Waals surface area contributed by atoms with Gasteiger partial charge in [0.25, 0.3) is 0 Å². The molecule has 6 rings (SSSR count). The van der Waals surface area contributed by atoms with Crippen molar-refractivity contribution in [1.29, 1.82) is 0 Å². The topological polar surface area (TPSA) is 298 Å².